The second kappa shape index (κ2) is 5.05. The highest BCUT2D eigenvalue weighted by molar-refractivity contribution is 7.87. The quantitative estimate of drug-likeness (QED) is 0.493. The van der Waals surface area contributed by atoms with Gasteiger partial charge in [-0.2, -0.15) is 8.42 Å². The molecule has 1 unspecified atom stereocenters. The van der Waals surface area contributed by atoms with Crippen LogP contribution in [0.5, 0.6) is 0 Å². The highest BCUT2D eigenvalue weighted by atomic mass is 32.2. The first-order valence-corrected chi connectivity index (χ1v) is 6.69. The molecule has 0 saturated heterocycles. The van der Waals surface area contributed by atoms with Gasteiger partial charge in [0.05, 0.1) is 0 Å². The average molecular weight is 273 g/mol. The fraction of sp³-hybridized carbons (Fsp3) is 0.364. The van der Waals surface area contributed by atoms with Crippen molar-refractivity contribution in [2.24, 2.45) is 5.73 Å². The summed E-state index contributed by atoms with van der Waals surface area (Å²) in [6.45, 7) is 2.36. The largest absolute Gasteiger partial charge is 0.427 e. The van der Waals surface area contributed by atoms with E-state index in [1.54, 1.807) is 0 Å². The minimum atomic E-state index is -4.57. The molecule has 0 aromatic carbocycles. The van der Waals surface area contributed by atoms with Crippen molar-refractivity contribution in [3.05, 3.63) is 24.3 Å². The second-order valence-corrected chi connectivity index (χ2v) is 5.66. The number of ether oxygens (including phenoxy) is 1. The summed E-state index contributed by atoms with van der Waals surface area (Å²) in [5, 5.41) is -2.36. The van der Waals surface area contributed by atoms with Crippen LogP contribution < -0.4 is 5.73 Å². The standard InChI is InChI=1S/C6H4.C5H11NO5S/c1-2-5-4-6(5)3-1;1-3-4(7)11-5(2,6)12(8,9)10/h1-4H;3,6H2,1-2H3,(H,8,9,10). The number of hydrogen-bond donors (Lipinski definition) is 2. The summed E-state index contributed by atoms with van der Waals surface area (Å²) in [6, 6.07) is 8.48. The van der Waals surface area contributed by atoms with Crippen molar-refractivity contribution >= 4 is 16.1 Å². The normalized spacial score (nSPS) is 14.9. The lowest BCUT2D eigenvalue weighted by Gasteiger charge is -2.20. The van der Waals surface area contributed by atoms with Gasteiger partial charge in [0.15, 0.2) is 0 Å². The maximum absolute atomic E-state index is 10.6. The van der Waals surface area contributed by atoms with Crippen molar-refractivity contribution < 1.29 is 22.5 Å². The summed E-state index contributed by atoms with van der Waals surface area (Å²) in [5.41, 5.74) is 7.84. The van der Waals surface area contributed by atoms with Gasteiger partial charge >= 0.3 is 16.1 Å². The SMILES string of the molecule is CCC(=O)OC(C)(N)S(=O)(=O)O.c1cc2cc-2c1. The molecule has 0 aliphatic heterocycles. The molecule has 3 N–H and O–H groups in total. The number of rotatable bonds is 3. The third-order valence-corrected chi connectivity index (χ3v) is 3.34. The van der Waals surface area contributed by atoms with Crippen LogP contribution in [-0.4, -0.2) is 24.0 Å². The minimum absolute atomic E-state index is 0.0116. The van der Waals surface area contributed by atoms with Crippen LogP contribution in [0.4, 0.5) is 0 Å². The van der Waals surface area contributed by atoms with E-state index in [0.29, 0.717) is 0 Å². The van der Waals surface area contributed by atoms with Crippen LogP contribution in [0.25, 0.3) is 11.1 Å². The Hall–Kier alpha value is -1.44. The predicted molar refractivity (Wildman–Crippen MR) is 66.0 cm³/mol. The molecule has 2 aliphatic rings. The van der Waals surface area contributed by atoms with Gasteiger partial charge in [-0.05, 0) is 17.2 Å². The fourth-order valence-electron chi connectivity index (χ4n) is 1.03. The van der Waals surface area contributed by atoms with Crippen molar-refractivity contribution in [3.63, 3.8) is 0 Å². The molecule has 0 bridgehead atoms. The topological polar surface area (TPSA) is 107 Å². The molecule has 6 nitrogen and oxygen atoms in total. The molecule has 0 aromatic rings. The van der Waals surface area contributed by atoms with Crippen molar-refractivity contribution in [1.29, 1.82) is 0 Å². The maximum Gasteiger partial charge on any atom is 0.320 e. The van der Waals surface area contributed by atoms with Gasteiger partial charge in [-0.1, -0.05) is 25.1 Å². The first kappa shape index (κ1) is 14.6. The van der Waals surface area contributed by atoms with Crippen LogP contribution in [0.3, 0.4) is 0 Å². The third kappa shape index (κ3) is 3.80. The van der Waals surface area contributed by atoms with E-state index >= 15 is 0 Å². The highest BCUT2D eigenvalue weighted by Crippen LogP contribution is 2.32. The molecule has 1 atom stereocenters. The van der Waals surface area contributed by atoms with Crippen molar-refractivity contribution in [2.75, 3.05) is 0 Å². The second-order valence-electron chi connectivity index (χ2n) is 3.90. The van der Waals surface area contributed by atoms with E-state index in [-0.39, 0.29) is 6.42 Å². The zero-order valence-corrected chi connectivity index (χ0v) is 10.9. The molecule has 0 saturated carbocycles. The van der Waals surface area contributed by atoms with E-state index in [1.165, 1.54) is 18.1 Å². The number of carbonyl (C=O) groups excluding carboxylic acids is 1. The zero-order valence-electron chi connectivity index (χ0n) is 10.1. The van der Waals surface area contributed by atoms with Crippen LogP contribution in [0.1, 0.15) is 20.3 Å². The summed E-state index contributed by atoms with van der Waals surface area (Å²) in [6.07, 6.45) is -0.0116. The Morgan fingerprint density at radius 3 is 2.17 bits per heavy atom. The monoisotopic (exact) mass is 273 g/mol. The number of esters is 1. The van der Waals surface area contributed by atoms with Gasteiger partial charge in [0.2, 0.25) is 0 Å². The smallest absolute Gasteiger partial charge is 0.320 e. The highest BCUT2D eigenvalue weighted by Gasteiger charge is 2.37. The van der Waals surface area contributed by atoms with Gasteiger partial charge in [-0.25, -0.2) is 0 Å². The number of nitrogens with two attached hydrogens (primary N) is 1. The molecule has 2 aliphatic carbocycles. The predicted octanol–water partition coefficient (Wildman–Crippen LogP) is 1.13. The Balaban J connectivity index is 0.000000217. The van der Waals surface area contributed by atoms with Crippen molar-refractivity contribution in [1.82, 2.24) is 0 Å². The molecule has 0 fully saturated rings. The first-order valence-electron chi connectivity index (χ1n) is 5.25. The lowest BCUT2D eigenvalue weighted by atomic mass is 10.5. The average Bonchev–Trinajstić information content (AvgIpc) is 2.84. The van der Waals surface area contributed by atoms with E-state index in [9.17, 15) is 13.2 Å². The maximum atomic E-state index is 10.6. The Morgan fingerprint density at radius 2 is 1.94 bits per heavy atom. The lowest BCUT2D eigenvalue weighted by molar-refractivity contribution is -0.150. The van der Waals surface area contributed by atoms with Crippen LogP contribution in [0, 0.1) is 0 Å². The molecule has 0 amide bonds. The Bertz CT molecular complexity index is 533. The molecule has 0 aromatic heterocycles. The van der Waals surface area contributed by atoms with Crippen molar-refractivity contribution in [2.45, 2.75) is 25.3 Å². The van der Waals surface area contributed by atoms with E-state index in [1.807, 2.05) is 0 Å². The van der Waals surface area contributed by atoms with Gasteiger partial charge < -0.3 is 4.74 Å². The van der Waals surface area contributed by atoms with Gasteiger partial charge in [0.25, 0.3) is 5.06 Å². The third-order valence-electron chi connectivity index (χ3n) is 2.23. The Labute approximate surface area is 105 Å². The van der Waals surface area contributed by atoms with Gasteiger partial charge in [0, 0.05) is 13.3 Å². The molecule has 18 heavy (non-hydrogen) atoms. The molecule has 2 rings (SSSR count). The number of carbonyl (C=O) groups is 1. The molecule has 0 spiro atoms. The number of benzene rings is 1. The summed E-state index contributed by atoms with van der Waals surface area (Å²) in [7, 11) is -4.57. The summed E-state index contributed by atoms with van der Waals surface area (Å²) >= 11 is 0. The van der Waals surface area contributed by atoms with Gasteiger partial charge in [0.1, 0.15) is 0 Å². The summed E-state index contributed by atoms with van der Waals surface area (Å²) < 4.78 is 33.6. The molecule has 100 valence electrons. The number of fused-ring (bicyclic) bond motifs is 1. The van der Waals surface area contributed by atoms with Crippen LogP contribution in [0.2, 0.25) is 0 Å². The molecule has 0 radical (unpaired) electrons. The number of hydrogen-bond acceptors (Lipinski definition) is 5. The van der Waals surface area contributed by atoms with Gasteiger partial charge in [-0.15, -0.1) is 0 Å². The van der Waals surface area contributed by atoms with Gasteiger partial charge in [-0.3, -0.25) is 15.1 Å². The van der Waals surface area contributed by atoms with Crippen LogP contribution in [-0.2, 0) is 19.6 Å². The fourth-order valence-corrected chi connectivity index (χ4v) is 1.22. The zero-order chi connectivity index (χ0) is 14.0. The van der Waals surface area contributed by atoms with E-state index < -0.39 is 21.1 Å². The van der Waals surface area contributed by atoms with Crippen LogP contribution in [0.15, 0.2) is 24.3 Å². The molecule has 7 heteroatoms. The first-order chi connectivity index (χ1) is 8.17. The molecular formula is C11H15NO5S. The molecule has 0 heterocycles. The Morgan fingerprint density at radius 1 is 1.44 bits per heavy atom. The van der Waals surface area contributed by atoms with E-state index in [0.717, 1.165) is 6.92 Å². The molecular weight excluding hydrogens is 258 g/mol. The lowest BCUT2D eigenvalue weighted by Crippen LogP contribution is -2.48. The van der Waals surface area contributed by atoms with Crippen molar-refractivity contribution in [3.8, 4) is 11.1 Å². The summed E-state index contributed by atoms with van der Waals surface area (Å²) in [5.74, 6) is -0.794. The summed E-state index contributed by atoms with van der Waals surface area (Å²) in [4.78, 5) is 10.6. The van der Waals surface area contributed by atoms with E-state index in [2.05, 4.69) is 29.0 Å². The van der Waals surface area contributed by atoms with E-state index in [4.69, 9.17) is 10.3 Å². The minimum Gasteiger partial charge on any atom is -0.427 e. The Kier molecular flexibility index (Phi) is 4.10. The van der Waals surface area contributed by atoms with Crippen LogP contribution >= 0.6 is 0 Å².